The van der Waals surface area contributed by atoms with E-state index in [1.165, 1.54) is 31.4 Å². The molecule has 4 aromatic rings. The molecule has 1 aliphatic carbocycles. The second kappa shape index (κ2) is 9.48. The molecule has 6 nitrogen and oxygen atoms in total. The van der Waals surface area contributed by atoms with Gasteiger partial charge in [0, 0.05) is 18.3 Å². The first kappa shape index (κ1) is 21.2. The van der Waals surface area contributed by atoms with Crippen LogP contribution in [0.4, 0.5) is 10.2 Å². The van der Waals surface area contributed by atoms with Gasteiger partial charge in [0.15, 0.2) is 11.5 Å². The number of rotatable bonds is 6. The van der Waals surface area contributed by atoms with Crippen LogP contribution in [0.2, 0.25) is 0 Å². The van der Waals surface area contributed by atoms with E-state index in [1.54, 1.807) is 22.9 Å². The lowest BCUT2D eigenvalue weighted by molar-refractivity contribution is 0.319. The van der Waals surface area contributed by atoms with Gasteiger partial charge in [-0.25, -0.2) is 14.4 Å². The van der Waals surface area contributed by atoms with Crippen LogP contribution < -0.4 is 10.9 Å². The van der Waals surface area contributed by atoms with Crippen LogP contribution in [0.25, 0.3) is 22.4 Å². The molecule has 0 unspecified atom stereocenters. The standard InChI is InChI=1S/C26H26FN5O/c27-20-11-9-19(10-12-20)22-13-14-23-25(31-22)32(17-18-6-2-1-3-7-18)26(33)24(30-23)29-16-21-8-4-5-15-28-21/h4-5,8-15,18H,1-3,6-7,16-17H2,(H,29,30). The molecule has 3 heterocycles. The Morgan fingerprint density at radius 1 is 0.970 bits per heavy atom. The van der Waals surface area contributed by atoms with E-state index in [9.17, 15) is 9.18 Å². The predicted octanol–water partition coefficient (Wildman–Crippen LogP) is 5.19. The second-order valence-corrected chi connectivity index (χ2v) is 8.60. The van der Waals surface area contributed by atoms with Gasteiger partial charge in [-0.3, -0.25) is 14.3 Å². The van der Waals surface area contributed by atoms with Crippen LogP contribution in [0.1, 0.15) is 37.8 Å². The zero-order valence-corrected chi connectivity index (χ0v) is 18.4. The molecular formula is C26H26FN5O. The normalized spacial score (nSPS) is 14.5. The molecule has 0 spiro atoms. The zero-order chi connectivity index (χ0) is 22.6. The summed E-state index contributed by atoms with van der Waals surface area (Å²) < 4.78 is 15.2. The SMILES string of the molecule is O=c1c(NCc2ccccn2)nc2ccc(-c3ccc(F)cc3)nc2n1CC1CCCCC1. The highest BCUT2D eigenvalue weighted by Gasteiger charge is 2.19. The fourth-order valence-corrected chi connectivity index (χ4v) is 4.49. The van der Waals surface area contributed by atoms with Crippen molar-refractivity contribution < 1.29 is 4.39 Å². The van der Waals surface area contributed by atoms with Gasteiger partial charge in [-0.2, -0.15) is 0 Å². The number of benzene rings is 1. The van der Waals surface area contributed by atoms with E-state index in [4.69, 9.17) is 4.98 Å². The maximum Gasteiger partial charge on any atom is 0.294 e. The monoisotopic (exact) mass is 443 g/mol. The number of hydrogen-bond acceptors (Lipinski definition) is 5. The Morgan fingerprint density at radius 2 is 1.79 bits per heavy atom. The average molecular weight is 444 g/mol. The van der Waals surface area contributed by atoms with Crippen molar-refractivity contribution >= 4 is 17.0 Å². The number of hydrogen-bond donors (Lipinski definition) is 1. The first-order valence-electron chi connectivity index (χ1n) is 11.5. The summed E-state index contributed by atoms with van der Waals surface area (Å²) >= 11 is 0. The average Bonchev–Trinajstić information content (AvgIpc) is 2.86. The summed E-state index contributed by atoms with van der Waals surface area (Å²) in [7, 11) is 0. The Labute approximate surface area is 191 Å². The summed E-state index contributed by atoms with van der Waals surface area (Å²) in [6.45, 7) is 1.04. The molecule has 168 valence electrons. The molecule has 1 saturated carbocycles. The number of pyridine rings is 2. The number of fused-ring (bicyclic) bond motifs is 1. The van der Waals surface area contributed by atoms with E-state index in [1.807, 2.05) is 30.3 Å². The van der Waals surface area contributed by atoms with Gasteiger partial charge in [-0.1, -0.05) is 25.3 Å². The largest absolute Gasteiger partial charge is 0.360 e. The minimum absolute atomic E-state index is 0.173. The third kappa shape index (κ3) is 4.77. The summed E-state index contributed by atoms with van der Waals surface area (Å²) in [5.74, 6) is 0.460. The molecule has 3 aromatic heterocycles. The summed E-state index contributed by atoms with van der Waals surface area (Å²) in [4.78, 5) is 27.2. The lowest BCUT2D eigenvalue weighted by Gasteiger charge is -2.23. The summed E-state index contributed by atoms with van der Waals surface area (Å²) in [6, 6.07) is 15.7. The Morgan fingerprint density at radius 3 is 2.55 bits per heavy atom. The van der Waals surface area contributed by atoms with E-state index in [0.717, 1.165) is 24.1 Å². The van der Waals surface area contributed by atoms with Gasteiger partial charge in [0.05, 0.1) is 17.9 Å². The molecule has 0 atom stereocenters. The highest BCUT2D eigenvalue weighted by molar-refractivity contribution is 5.76. The molecule has 1 N–H and O–H groups in total. The van der Waals surface area contributed by atoms with Gasteiger partial charge in [-0.15, -0.1) is 0 Å². The Hall–Kier alpha value is -3.61. The number of halogens is 1. The van der Waals surface area contributed by atoms with E-state index < -0.39 is 0 Å². The zero-order valence-electron chi connectivity index (χ0n) is 18.4. The van der Waals surface area contributed by atoms with Gasteiger partial charge in [0.2, 0.25) is 0 Å². The van der Waals surface area contributed by atoms with Crippen LogP contribution in [0, 0.1) is 11.7 Å². The number of anilines is 1. The lowest BCUT2D eigenvalue weighted by atomic mass is 9.89. The van der Waals surface area contributed by atoms with Crippen LogP contribution in [0.5, 0.6) is 0 Å². The van der Waals surface area contributed by atoms with Crippen molar-refractivity contribution in [2.24, 2.45) is 5.92 Å². The van der Waals surface area contributed by atoms with Gasteiger partial charge in [-0.05, 0) is 67.3 Å². The van der Waals surface area contributed by atoms with E-state index in [2.05, 4.69) is 15.3 Å². The van der Waals surface area contributed by atoms with Crippen molar-refractivity contribution in [2.75, 3.05) is 5.32 Å². The molecule has 33 heavy (non-hydrogen) atoms. The van der Waals surface area contributed by atoms with E-state index in [-0.39, 0.29) is 11.4 Å². The topological polar surface area (TPSA) is 72.7 Å². The van der Waals surface area contributed by atoms with Crippen LogP contribution in [-0.2, 0) is 13.1 Å². The van der Waals surface area contributed by atoms with Crippen LogP contribution in [0.15, 0.2) is 65.6 Å². The van der Waals surface area contributed by atoms with E-state index >= 15 is 0 Å². The molecule has 0 radical (unpaired) electrons. The third-order valence-corrected chi connectivity index (χ3v) is 6.26. The highest BCUT2D eigenvalue weighted by Crippen LogP contribution is 2.26. The Bertz CT molecular complexity index is 1300. The molecule has 1 fully saturated rings. The first-order valence-corrected chi connectivity index (χ1v) is 11.5. The molecular weight excluding hydrogens is 417 g/mol. The highest BCUT2D eigenvalue weighted by atomic mass is 19.1. The van der Waals surface area contributed by atoms with Crippen molar-refractivity contribution in [1.29, 1.82) is 0 Å². The molecule has 5 rings (SSSR count). The lowest BCUT2D eigenvalue weighted by Crippen LogP contribution is -2.29. The van der Waals surface area contributed by atoms with Gasteiger partial charge >= 0.3 is 0 Å². The minimum atomic E-state index is -0.293. The smallest absolute Gasteiger partial charge is 0.294 e. The minimum Gasteiger partial charge on any atom is -0.360 e. The quantitative estimate of drug-likeness (QED) is 0.444. The summed E-state index contributed by atoms with van der Waals surface area (Å²) in [5.41, 5.74) is 3.37. The molecule has 0 saturated heterocycles. The summed E-state index contributed by atoms with van der Waals surface area (Å²) in [5, 5.41) is 3.18. The molecule has 1 aliphatic rings. The Balaban J connectivity index is 1.56. The number of nitrogens with zero attached hydrogens (tertiary/aromatic N) is 4. The molecule has 0 bridgehead atoms. The Kier molecular flexibility index (Phi) is 6.11. The van der Waals surface area contributed by atoms with Gasteiger partial charge in [0.1, 0.15) is 11.3 Å². The fourth-order valence-electron chi connectivity index (χ4n) is 4.49. The van der Waals surface area contributed by atoms with E-state index in [0.29, 0.717) is 41.7 Å². The van der Waals surface area contributed by atoms with Crippen molar-refractivity contribution in [3.63, 3.8) is 0 Å². The van der Waals surface area contributed by atoms with Crippen LogP contribution in [0.3, 0.4) is 0 Å². The molecule has 0 aliphatic heterocycles. The fraction of sp³-hybridized carbons (Fsp3) is 0.308. The predicted molar refractivity (Wildman–Crippen MR) is 127 cm³/mol. The van der Waals surface area contributed by atoms with Crippen LogP contribution in [-0.4, -0.2) is 19.5 Å². The second-order valence-electron chi connectivity index (χ2n) is 8.60. The van der Waals surface area contributed by atoms with Gasteiger partial charge < -0.3 is 5.32 Å². The van der Waals surface area contributed by atoms with Crippen LogP contribution >= 0.6 is 0 Å². The van der Waals surface area contributed by atoms with Crippen molar-refractivity contribution in [3.05, 3.63) is 82.7 Å². The molecule has 7 heteroatoms. The van der Waals surface area contributed by atoms with Crippen molar-refractivity contribution in [2.45, 2.75) is 45.2 Å². The first-order chi connectivity index (χ1) is 16.2. The third-order valence-electron chi connectivity index (χ3n) is 6.26. The maximum atomic E-state index is 13.5. The van der Waals surface area contributed by atoms with Crippen molar-refractivity contribution in [3.8, 4) is 11.3 Å². The maximum absolute atomic E-state index is 13.5. The number of nitrogens with one attached hydrogen (secondary N) is 1. The molecule has 0 amide bonds. The van der Waals surface area contributed by atoms with Crippen molar-refractivity contribution in [1.82, 2.24) is 19.5 Å². The summed E-state index contributed by atoms with van der Waals surface area (Å²) in [6.07, 6.45) is 7.61. The molecule has 1 aromatic carbocycles. The van der Waals surface area contributed by atoms with Gasteiger partial charge in [0.25, 0.3) is 5.56 Å². The number of aromatic nitrogens is 4.